The molecule has 0 heterocycles. The van der Waals surface area contributed by atoms with Crippen LogP contribution >= 0.6 is 0 Å². The van der Waals surface area contributed by atoms with Crippen molar-refractivity contribution >= 4 is 10.0 Å². The van der Waals surface area contributed by atoms with Crippen LogP contribution in [0.4, 0.5) is 0 Å². The van der Waals surface area contributed by atoms with Crippen molar-refractivity contribution in [1.29, 1.82) is 0 Å². The maximum atomic E-state index is 11.3. The van der Waals surface area contributed by atoms with E-state index in [9.17, 15) is 8.42 Å². The van der Waals surface area contributed by atoms with Crippen molar-refractivity contribution in [2.45, 2.75) is 17.9 Å². The average molecular weight is 334 g/mol. The lowest BCUT2D eigenvalue weighted by Gasteiger charge is -2.25. The van der Waals surface area contributed by atoms with Gasteiger partial charge >= 0.3 is 0 Å². The molecular formula is C17H22N2O3S. The summed E-state index contributed by atoms with van der Waals surface area (Å²) in [5, 5.41) is 5.11. The van der Waals surface area contributed by atoms with Crippen LogP contribution in [0.25, 0.3) is 0 Å². The van der Waals surface area contributed by atoms with Crippen LogP contribution in [0.2, 0.25) is 0 Å². The number of ether oxygens (including phenoxy) is 1. The summed E-state index contributed by atoms with van der Waals surface area (Å²) in [6, 6.07) is 16.5. The summed E-state index contributed by atoms with van der Waals surface area (Å²) in [6.45, 7) is 3.40. The number of nitrogens with zero attached hydrogens (tertiary/aromatic N) is 1. The first-order chi connectivity index (χ1) is 10.9. The molecule has 2 rings (SSSR count). The van der Waals surface area contributed by atoms with E-state index in [1.54, 1.807) is 12.1 Å². The summed E-state index contributed by atoms with van der Waals surface area (Å²) in [7, 11) is -1.64. The number of rotatable bonds is 7. The average Bonchev–Trinajstić information content (AvgIpc) is 2.54. The quantitative estimate of drug-likeness (QED) is 0.844. The van der Waals surface area contributed by atoms with E-state index < -0.39 is 10.0 Å². The molecule has 1 atom stereocenters. The number of para-hydroxylation sites is 1. The first-order valence-electron chi connectivity index (χ1n) is 7.39. The van der Waals surface area contributed by atoms with Crippen molar-refractivity contribution in [2.24, 2.45) is 5.14 Å². The van der Waals surface area contributed by atoms with Crippen molar-refractivity contribution in [3.05, 3.63) is 60.2 Å². The predicted octanol–water partition coefficient (Wildman–Crippen LogP) is 2.41. The number of likely N-dealkylation sites (N-methyl/N-ethyl adjacent to an activating group) is 1. The van der Waals surface area contributed by atoms with Gasteiger partial charge in [-0.25, -0.2) is 13.6 Å². The van der Waals surface area contributed by atoms with Crippen LogP contribution in [-0.2, 0) is 10.0 Å². The molecule has 0 aromatic heterocycles. The molecule has 0 radical (unpaired) electrons. The van der Waals surface area contributed by atoms with Gasteiger partial charge in [0.15, 0.2) is 0 Å². The third kappa shape index (κ3) is 5.06. The van der Waals surface area contributed by atoms with Crippen LogP contribution < -0.4 is 9.88 Å². The predicted molar refractivity (Wildman–Crippen MR) is 90.8 cm³/mol. The topological polar surface area (TPSA) is 72.6 Å². The van der Waals surface area contributed by atoms with E-state index in [-0.39, 0.29) is 10.9 Å². The van der Waals surface area contributed by atoms with E-state index in [1.807, 2.05) is 37.4 Å². The Balaban J connectivity index is 1.90. The number of hydrogen-bond donors (Lipinski definition) is 1. The van der Waals surface area contributed by atoms with Crippen molar-refractivity contribution < 1.29 is 13.2 Å². The van der Waals surface area contributed by atoms with Gasteiger partial charge in [-0.1, -0.05) is 30.3 Å². The van der Waals surface area contributed by atoms with Gasteiger partial charge in [-0.3, -0.25) is 4.90 Å². The number of hydrogen-bond acceptors (Lipinski definition) is 4. The fraction of sp³-hybridized carbons (Fsp3) is 0.294. The standard InChI is InChI=1S/C17H22N2O3S/c1-14(15-8-10-17(11-9-15)23(18,20)21)19(2)12-13-22-16-6-4-3-5-7-16/h3-11,14H,12-13H2,1-2H3,(H2,18,20,21). The second-order valence-electron chi connectivity index (χ2n) is 5.43. The van der Waals surface area contributed by atoms with Crippen LogP contribution in [0, 0.1) is 0 Å². The molecular weight excluding hydrogens is 312 g/mol. The highest BCUT2D eigenvalue weighted by molar-refractivity contribution is 7.89. The van der Waals surface area contributed by atoms with Gasteiger partial charge in [0.05, 0.1) is 4.90 Å². The van der Waals surface area contributed by atoms with Gasteiger partial charge in [-0.05, 0) is 43.8 Å². The molecule has 2 aromatic carbocycles. The van der Waals surface area contributed by atoms with Crippen molar-refractivity contribution in [3.8, 4) is 5.75 Å². The van der Waals surface area contributed by atoms with Gasteiger partial charge < -0.3 is 4.74 Å². The van der Waals surface area contributed by atoms with E-state index in [1.165, 1.54) is 12.1 Å². The second kappa shape index (κ2) is 7.59. The van der Waals surface area contributed by atoms with Crippen LogP contribution in [0.3, 0.4) is 0 Å². The summed E-state index contributed by atoms with van der Waals surface area (Å²) >= 11 is 0. The molecule has 23 heavy (non-hydrogen) atoms. The lowest BCUT2D eigenvalue weighted by molar-refractivity contribution is 0.201. The van der Waals surface area contributed by atoms with Crippen molar-refractivity contribution in [3.63, 3.8) is 0 Å². The van der Waals surface area contributed by atoms with Gasteiger partial charge in [0.25, 0.3) is 0 Å². The Hall–Kier alpha value is -1.89. The molecule has 2 aromatic rings. The summed E-state index contributed by atoms with van der Waals surface area (Å²) < 4.78 is 28.2. The van der Waals surface area contributed by atoms with Gasteiger partial charge in [0.2, 0.25) is 10.0 Å². The molecule has 0 amide bonds. The third-order valence-corrected chi connectivity index (χ3v) is 4.74. The van der Waals surface area contributed by atoms with Crippen LogP contribution in [0.1, 0.15) is 18.5 Å². The Morgan fingerprint density at radius 3 is 2.26 bits per heavy atom. The van der Waals surface area contributed by atoms with Crippen LogP contribution in [0.15, 0.2) is 59.5 Å². The normalized spacial score (nSPS) is 13.0. The van der Waals surface area contributed by atoms with Crippen molar-refractivity contribution in [2.75, 3.05) is 20.2 Å². The second-order valence-corrected chi connectivity index (χ2v) is 6.99. The Kier molecular flexibility index (Phi) is 5.76. The molecule has 124 valence electrons. The Labute approximate surface area is 137 Å². The number of benzene rings is 2. The summed E-state index contributed by atoms with van der Waals surface area (Å²) in [5.41, 5.74) is 1.03. The molecule has 0 aliphatic heterocycles. The van der Waals surface area contributed by atoms with E-state index in [2.05, 4.69) is 11.8 Å². The highest BCUT2D eigenvalue weighted by Crippen LogP contribution is 2.20. The van der Waals surface area contributed by atoms with Gasteiger partial charge in [0.1, 0.15) is 12.4 Å². The third-order valence-electron chi connectivity index (χ3n) is 3.81. The van der Waals surface area contributed by atoms with E-state index in [4.69, 9.17) is 9.88 Å². The molecule has 6 heteroatoms. The summed E-state index contributed by atoms with van der Waals surface area (Å²) in [6.07, 6.45) is 0. The Morgan fingerprint density at radius 1 is 1.09 bits per heavy atom. The van der Waals surface area contributed by atoms with Crippen LogP contribution in [0.5, 0.6) is 5.75 Å². The lowest BCUT2D eigenvalue weighted by atomic mass is 10.1. The van der Waals surface area contributed by atoms with Crippen molar-refractivity contribution in [1.82, 2.24) is 4.90 Å². The zero-order valence-corrected chi connectivity index (χ0v) is 14.2. The van der Waals surface area contributed by atoms with Gasteiger partial charge in [-0.15, -0.1) is 0 Å². The lowest BCUT2D eigenvalue weighted by Crippen LogP contribution is -2.27. The fourth-order valence-electron chi connectivity index (χ4n) is 2.21. The van der Waals surface area contributed by atoms with E-state index >= 15 is 0 Å². The first kappa shape index (κ1) is 17.5. The number of sulfonamides is 1. The molecule has 0 saturated carbocycles. The zero-order chi connectivity index (χ0) is 16.9. The molecule has 0 aliphatic rings. The van der Waals surface area contributed by atoms with E-state index in [0.29, 0.717) is 6.61 Å². The Morgan fingerprint density at radius 2 is 1.70 bits per heavy atom. The molecule has 5 nitrogen and oxygen atoms in total. The molecule has 2 N–H and O–H groups in total. The van der Waals surface area contributed by atoms with Crippen LogP contribution in [-0.4, -0.2) is 33.5 Å². The zero-order valence-electron chi connectivity index (χ0n) is 13.3. The number of primary sulfonamides is 1. The minimum atomic E-state index is -3.64. The SMILES string of the molecule is CC(c1ccc(S(N)(=O)=O)cc1)N(C)CCOc1ccccc1. The molecule has 1 unspecified atom stereocenters. The minimum absolute atomic E-state index is 0.128. The highest BCUT2D eigenvalue weighted by Gasteiger charge is 2.13. The minimum Gasteiger partial charge on any atom is -0.492 e. The van der Waals surface area contributed by atoms with E-state index in [0.717, 1.165) is 17.9 Å². The largest absolute Gasteiger partial charge is 0.492 e. The summed E-state index contributed by atoms with van der Waals surface area (Å²) in [5.74, 6) is 0.853. The Bertz CT molecular complexity index is 715. The smallest absolute Gasteiger partial charge is 0.238 e. The first-order valence-corrected chi connectivity index (χ1v) is 8.93. The maximum Gasteiger partial charge on any atom is 0.238 e. The highest BCUT2D eigenvalue weighted by atomic mass is 32.2. The molecule has 0 aliphatic carbocycles. The summed E-state index contributed by atoms with van der Waals surface area (Å²) in [4.78, 5) is 2.28. The molecule has 0 bridgehead atoms. The molecule has 0 fully saturated rings. The molecule has 0 saturated heterocycles. The maximum absolute atomic E-state index is 11.3. The number of nitrogens with two attached hydrogens (primary N) is 1. The molecule has 0 spiro atoms. The van der Waals surface area contributed by atoms with Gasteiger partial charge in [0, 0.05) is 12.6 Å². The van der Waals surface area contributed by atoms with Gasteiger partial charge in [-0.2, -0.15) is 0 Å². The fourth-order valence-corrected chi connectivity index (χ4v) is 2.72. The monoisotopic (exact) mass is 334 g/mol.